The summed E-state index contributed by atoms with van der Waals surface area (Å²) in [6, 6.07) is 8.47. The van der Waals surface area contributed by atoms with Crippen molar-refractivity contribution in [2.45, 2.75) is 0 Å². The van der Waals surface area contributed by atoms with Gasteiger partial charge in [-0.1, -0.05) is 0 Å². The van der Waals surface area contributed by atoms with E-state index in [4.69, 9.17) is 9.47 Å². The maximum absolute atomic E-state index is 12.3. The van der Waals surface area contributed by atoms with E-state index in [1.165, 1.54) is 7.11 Å². The summed E-state index contributed by atoms with van der Waals surface area (Å²) in [6.45, 7) is 0. The SMILES string of the molecule is COc1ccc(OC)c(C(=O)c2ccncc2)c1. The molecule has 4 heteroatoms. The van der Waals surface area contributed by atoms with Crippen molar-refractivity contribution in [1.82, 2.24) is 4.98 Å². The molecular formula is C14H13NO3. The third-order valence-electron chi connectivity index (χ3n) is 2.59. The fourth-order valence-corrected chi connectivity index (χ4v) is 1.65. The first-order chi connectivity index (χ1) is 8.76. The summed E-state index contributed by atoms with van der Waals surface area (Å²) in [5.74, 6) is 1.03. The number of ketones is 1. The Bertz CT molecular complexity index is 552. The van der Waals surface area contributed by atoms with Crippen LogP contribution < -0.4 is 9.47 Å². The standard InChI is InChI=1S/C14H13NO3/c1-17-11-3-4-13(18-2)12(9-11)14(16)10-5-7-15-8-6-10/h3-9H,1-2H3. The lowest BCUT2D eigenvalue weighted by atomic mass is 10.0. The zero-order valence-electron chi connectivity index (χ0n) is 10.2. The van der Waals surface area contributed by atoms with Crippen LogP contribution >= 0.6 is 0 Å². The van der Waals surface area contributed by atoms with Gasteiger partial charge in [-0.2, -0.15) is 0 Å². The molecule has 0 aliphatic carbocycles. The quantitative estimate of drug-likeness (QED) is 0.773. The van der Waals surface area contributed by atoms with Crippen molar-refractivity contribution >= 4 is 5.78 Å². The summed E-state index contributed by atoms with van der Waals surface area (Å²) >= 11 is 0. The van der Waals surface area contributed by atoms with E-state index in [1.807, 2.05) is 0 Å². The molecule has 1 aromatic heterocycles. The van der Waals surface area contributed by atoms with Gasteiger partial charge in [0.15, 0.2) is 5.78 Å². The van der Waals surface area contributed by atoms with E-state index < -0.39 is 0 Å². The average Bonchev–Trinajstić information content (AvgIpc) is 2.46. The molecule has 0 radical (unpaired) electrons. The van der Waals surface area contributed by atoms with Gasteiger partial charge in [0.25, 0.3) is 0 Å². The number of ether oxygens (including phenoxy) is 2. The molecule has 0 saturated carbocycles. The van der Waals surface area contributed by atoms with Gasteiger partial charge in [0.2, 0.25) is 0 Å². The maximum Gasteiger partial charge on any atom is 0.196 e. The fourth-order valence-electron chi connectivity index (χ4n) is 1.65. The molecule has 0 N–H and O–H groups in total. The minimum absolute atomic E-state index is 0.117. The van der Waals surface area contributed by atoms with Crippen LogP contribution in [0.1, 0.15) is 15.9 Å². The Morgan fingerprint density at radius 3 is 2.39 bits per heavy atom. The number of carbonyl (C=O) groups is 1. The lowest BCUT2D eigenvalue weighted by molar-refractivity contribution is 0.103. The monoisotopic (exact) mass is 243 g/mol. The number of nitrogens with zero attached hydrogens (tertiary/aromatic N) is 1. The Morgan fingerprint density at radius 2 is 1.78 bits per heavy atom. The molecule has 0 saturated heterocycles. The molecule has 0 amide bonds. The van der Waals surface area contributed by atoms with Gasteiger partial charge in [-0.05, 0) is 30.3 Å². The van der Waals surface area contributed by atoms with E-state index >= 15 is 0 Å². The molecule has 0 aliphatic heterocycles. The van der Waals surface area contributed by atoms with E-state index in [0.29, 0.717) is 22.6 Å². The Hall–Kier alpha value is -2.36. The van der Waals surface area contributed by atoms with Crippen LogP contribution in [0.15, 0.2) is 42.7 Å². The largest absolute Gasteiger partial charge is 0.497 e. The second kappa shape index (κ2) is 5.31. The van der Waals surface area contributed by atoms with Gasteiger partial charge in [0, 0.05) is 18.0 Å². The first kappa shape index (κ1) is 12.1. The van der Waals surface area contributed by atoms with Crippen LogP contribution in [0.5, 0.6) is 11.5 Å². The molecule has 1 heterocycles. The molecule has 2 aromatic rings. The molecule has 0 aliphatic rings. The topological polar surface area (TPSA) is 48.4 Å². The highest BCUT2D eigenvalue weighted by atomic mass is 16.5. The summed E-state index contributed by atoms with van der Waals surface area (Å²) in [7, 11) is 3.09. The van der Waals surface area contributed by atoms with Gasteiger partial charge in [-0.3, -0.25) is 9.78 Å². The number of pyridine rings is 1. The predicted octanol–water partition coefficient (Wildman–Crippen LogP) is 2.33. The minimum atomic E-state index is -0.117. The van der Waals surface area contributed by atoms with Crippen molar-refractivity contribution in [3.05, 3.63) is 53.9 Å². The average molecular weight is 243 g/mol. The zero-order valence-corrected chi connectivity index (χ0v) is 10.2. The fraction of sp³-hybridized carbons (Fsp3) is 0.143. The first-order valence-electron chi connectivity index (χ1n) is 5.43. The number of benzene rings is 1. The van der Waals surface area contributed by atoms with Crippen LogP contribution in [0.25, 0.3) is 0 Å². The minimum Gasteiger partial charge on any atom is -0.497 e. The molecule has 92 valence electrons. The first-order valence-corrected chi connectivity index (χ1v) is 5.43. The summed E-state index contributed by atoms with van der Waals surface area (Å²) in [6.07, 6.45) is 3.17. The summed E-state index contributed by atoms with van der Waals surface area (Å²) in [4.78, 5) is 16.2. The highest BCUT2D eigenvalue weighted by Crippen LogP contribution is 2.26. The van der Waals surface area contributed by atoms with Gasteiger partial charge in [-0.15, -0.1) is 0 Å². The molecular weight excluding hydrogens is 230 g/mol. The van der Waals surface area contributed by atoms with Crippen LogP contribution in [-0.4, -0.2) is 25.0 Å². The number of rotatable bonds is 4. The van der Waals surface area contributed by atoms with Crippen LogP contribution in [-0.2, 0) is 0 Å². The van der Waals surface area contributed by atoms with E-state index in [9.17, 15) is 4.79 Å². The lowest BCUT2D eigenvalue weighted by Crippen LogP contribution is -2.04. The Labute approximate surface area is 105 Å². The number of aromatic nitrogens is 1. The van der Waals surface area contributed by atoms with Crippen LogP contribution in [0.3, 0.4) is 0 Å². The third kappa shape index (κ3) is 2.32. The Balaban J connectivity index is 2.46. The van der Waals surface area contributed by atoms with E-state index in [0.717, 1.165) is 0 Å². The van der Waals surface area contributed by atoms with Crippen molar-refractivity contribution in [2.24, 2.45) is 0 Å². The van der Waals surface area contributed by atoms with E-state index in [-0.39, 0.29) is 5.78 Å². The second-order valence-corrected chi connectivity index (χ2v) is 3.63. The van der Waals surface area contributed by atoms with Gasteiger partial charge in [0.1, 0.15) is 11.5 Å². The normalized spacial score (nSPS) is 9.89. The summed E-state index contributed by atoms with van der Waals surface area (Å²) < 4.78 is 10.3. The highest BCUT2D eigenvalue weighted by Gasteiger charge is 2.15. The second-order valence-electron chi connectivity index (χ2n) is 3.63. The third-order valence-corrected chi connectivity index (χ3v) is 2.59. The van der Waals surface area contributed by atoms with E-state index in [1.54, 1.807) is 49.8 Å². The Morgan fingerprint density at radius 1 is 1.06 bits per heavy atom. The molecule has 0 spiro atoms. The molecule has 0 atom stereocenters. The van der Waals surface area contributed by atoms with Crippen molar-refractivity contribution in [1.29, 1.82) is 0 Å². The molecule has 1 aromatic carbocycles. The number of methoxy groups -OCH3 is 2. The molecule has 0 unspecified atom stereocenters. The highest BCUT2D eigenvalue weighted by molar-refractivity contribution is 6.10. The number of carbonyl (C=O) groups excluding carboxylic acids is 1. The van der Waals surface area contributed by atoms with Crippen LogP contribution in [0.4, 0.5) is 0 Å². The maximum atomic E-state index is 12.3. The zero-order chi connectivity index (χ0) is 13.0. The summed E-state index contributed by atoms with van der Waals surface area (Å²) in [5.41, 5.74) is 1.04. The predicted molar refractivity (Wildman–Crippen MR) is 67.2 cm³/mol. The van der Waals surface area contributed by atoms with Crippen LogP contribution in [0.2, 0.25) is 0 Å². The summed E-state index contributed by atoms with van der Waals surface area (Å²) in [5, 5.41) is 0. The number of hydrogen-bond donors (Lipinski definition) is 0. The molecule has 2 rings (SSSR count). The van der Waals surface area contributed by atoms with Crippen LogP contribution in [0, 0.1) is 0 Å². The van der Waals surface area contributed by atoms with Crippen molar-refractivity contribution in [2.75, 3.05) is 14.2 Å². The van der Waals surface area contributed by atoms with Gasteiger partial charge in [-0.25, -0.2) is 0 Å². The molecule has 4 nitrogen and oxygen atoms in total. The van der Waals surface area contributed by atoms with Crippen molar-refractivity contribution in [3.8, 4) is 11.5 Å². The lowest BCUT2D eigenvalue weighted by Gasteiger charge is -2.09. The van der Waals surface area contributed by atoms with Gasteiger partial charge >= 0.3 is 0 Å². The number of hydrogen-bond acceptors (Lipinski definition) is 4. The molecule has 0 fully saturated rings. The Kier molecular flexibility index (Phi) is 3.57. The molecule has 0 bridgehead atoms. The van der Waals surface area contributed by atoms with Gasteiger partial charge in [0.05, 0.1) is 19.8 Å². The van der Waals surface area contributed by atoms with Crippen molar-refractivity contribution in [3.63, 3.8) is 0 Å². The smallest absolute Gasteiger partial charge is 0.196 e. The van der Waals surface area contributed by atoms with Gasteiger partial charge < -0.3 is 9.47 Å². The van der Waals surface area contributed by atoms with E-state index in [2.05, 4.69) is 4.98 Å². The molecule has 18 heavy (non-hydrogen) atoms. The van der Waals surface area contributed by atoms with Crippen molar-refractivity contribution < 1.29 is 14.3 Å².